The number of methoxy groups -OCH3 is 1. The molecule has 0 aliphatic carbocycles. The number of carbonyl (C=O) groups excluding carboxylic acids is 2. The van der Waals surface area contributed by atoms with Gasteiger partial charge in [0, 0.05) is 17.1 Å². The number of esters is 1. The lowest BCUT2D eigenvalue weighted by Gasteiger charge is -2.17. The van der Waals surface area contributed by atoms with Gasteiger partial charge in [0.2, 0.25) is 0 Å². The zero-order valence-electron chi connectivity index (χ0n) is 13.4. The highest BCUT2D eigenvalue weighted by Gasteiger charge is 2.36. The summed E-state index contributed by atoms with van der Waals surface area (Å²) in [7, 11) is 1.34. The molecule has 1 aromatic rings. The van der Waals surface area contributed by atoms with Crippen molar-refractivity contribution in [3.63, 3.8) is 0 Å². The zero-order valence-corrected chi connectivity index (χ0v) is 14.3. The van der Waals surface area contributed by atoms with Crippen molar-refractivity contribution in [1.82, 2.24) is 4.90 Å². The van der Waals surface area contributed by atoms with Gasteiger partial charge in [0.1, 0.15) is 0 Å². The number of carbonyl (C=O) groups is 2. The summed E-state index contributed by atoms with van der Waals surface area (Å²) in [5, 5.41) is 1.98. The number of allylic oxidation sites excluding steroid dienone is 1. The molecular weight excluding hydrogens is 298 g/mol. The van der Waals surface area contributed by atoms with E-state index in [9.17, 15) is 9.59 Å². The van der Waals surface area contributed by atoms with Crippen molar-refractivity contribution >= 4 is 29.3 Å². The molecule has 0 spiro atoms. The van der Waals surface area contributed by atoms with E-state index in [-0.39, 0.29) is 5.91 Å². The molecule has 0 N–H and O–H groups in total. The summed E-state index contributed by atoms with van der Waals surface area (Å²) in [4.78, 5) is 27.5. The Morgan fingerprint density at radius 1 is 1.41 bits per heavy atom. The van der Waals surface area contributed by atoms with Gasteiger partial charge >= 0.3 is 5.97 Å². The lowest BCUT2D eigenvalue weighted by Crippen LogP contribution is -2.26. The quantitative estimate of drug-likeness (QED) is 0.616. The maximum atomic E-state index is 12.7. The minimum Gasteiger partial charge on any atom is -0.465 e. The van der Waals surface area contributed by atoms with Crippen LogP contribution in [0.3, 0.4) is 0 Å². The Bertz CT molecular complexity index is 655. The van der Waals surface area contributed by atoms with Crippen molar-refractivity contribution in [2.24, 2.45) is 0 Å². The van der Waals surface area contributed by atoms with E-state index in [2.05, 4.69) is 6.92 Å². The number of aryl methyl sites for hydroxylation is 1. The first kappa shape index (κ1) is 16.5. The Morgan fingerprint density at radius 2 is 2.14 bits per heavy atom. The number of unbranched alkanes of at least 4 members (excludes halogenated alkanes) is 1. The first-order valence-corrected chi connectivity index (χ1v) is 8.26. The normalized spacial score (nSPS) is 16.8. The Morgan fingerprint density at radius 3 is 2.68 bits per heavy atom. The molecule has 0 saturated carbocycles. The summed E-state index contributed by atoms with van der Waals surface area (Å²) >= 11 is 1.56. The number of hydrogen-bond donors (Lipinski definition) is 0. The Kier molecular flexibility index (Phi) is 5.19. The van der Waals surface area contributed by atoms with Crippen molar-refractivity contribution < 1.29 is 14.3 Å². The summed E-state index contributed by atoms with van der Waals surface area (Å²) in [6.07, 6.45) is 3.71. The standard InChI is InChI=1S/C17H21NO3S/c1-5-6-8-18-12(3)15(17(20)21-4)13(16(18)19)10-14-11(2)7-9-22-14/h7,9-10H,5-6,8H2,1-4H3/b13-10-. The molecule has 1 aliphatic rings. The molecule has 0 fully saturated rings. The van der Waals surface area contributed by atoms with Gasteiger partial charge in [0.05, 0.1) is 18.3 Å². The van der Waals surface area contributed by atoms with E-state index >= 15 is 0 Å². The van der Waals surface area contributed by atoms with Crippen molar-refractivity contribution in [3.05, 3.63) is 38.7 Å². The molecular formula is C17H21NO3S. The van der Waals surface area contributed by atoms with Crippen LogP contribution in [0.15, 0.2) is 28.3 Å². The fourth-order valence-electron chi connectivity index (χ4n) is 2.48. The molecule has 1 aliphatic heterocycles. The molecule has 1 aromatic heterocycles. The van der Waals surface area contributed by atoms with Crippen LogP contribution in [-0.2, 0) is 14.3 Å². The van der Waals surface area contributed by atoms with Crippen LogP contribution < -0.4 is 0 Å². The van der Waals surface area contributed by atoms with E-state index < -0.39 is 5.97 Å². The molecule has 4 nitrogen and oxygen atoms in total. The lowest BCUT2D eigenvalue weighted by molar-refractivity contribution is -0.136. The van der Waals surface area contributed by atoms with Crippen LogP contribution in [0.4, 0.5) is 0 Å². The van der Waals surface area contributed by atoms with Gasteiger partial charge in [-0.05, 0) is 43.4 Å². The Hall–Kier alpha value is -1.88. The second-order valence-corrected chi connectivity index (χ2v) is 6.24. The average Bonchev–Trinajstić information content (AvgIpc) is 3.00. The van der Waals surface area contributed by atoms with Gasteiger partial charge in [-0.1, -0.05) is 13.3 Å². The van der Waals surface area contributed by atoms with Gasteiger partial charge in [-0.2, -0.15) is 0 Å². The minimum absolute atomic E-state index is 0.112. The van der Waals surface area contributed by atoms with E-state index in [0.717, 1.165) is 23.3 Å². The first-order chi connectivity index (χ1) is 10.5. The monoisotopic (exact) mass is 319 g/mol. The smallest absolute Gasteiger partial charge is 0.340 e. The molecule has 0 radical (unpaired) electrons. The predicted octanol–water partition coefficient (Wildman–Crippen LogP) is 3.53. The molecule has 0 aromatic carbocycles. The van der Waals surface area contributed by atoms with E-state index in [4.69, 9.17) is 4.74 Å². The Labute approximate surface area is 135 Å². The van der Waals surface area contributed by atoms with E-state index in [1.54, 1.807) is 16.2 Å². The van der Waals surface area contributed by atoms with E-state index in [1.807, 2.05) is 31.4 Å². The van der Waals surface area contributed by atoms with Gasteiger partial charge in [-0.3, -0.25) is 4.79 Å². The highest BCUT2D eigenvalue weighted by molar-refractivity contribution is 7.11. The van der Waals surface area contributed by atoms with Gasteiger partial charge < -0.3 is 9.64 Å². The fourth-order valence-corrected chi connectivity index (χ4v) is 3.34. The lowest BCUT2D eigenvalue weighted by atomic mass is 10.1. The van der Waals surface area contributed by atoms with Crippen LogP contribution in [0.2, 0.25) is 0 Å². The summed E-state index contributed by atoms with van der Waals surface area (Å²) in [6.45, 7) is 6.50. The Balaban J connectivity index is 2.47. The second kappa shape index (κ2) is 6.92. The molecule has 5 heteroatoms. The third-order valence-electron chi connectivity index (χ3n) is 3.81. The second-order valence-electron chi connectivity index (χ2n) is 5.29. The average molecular weight is 319 g/mol. The van der Waals surface area contributed by atoms with Crippen LogP contribution in [-0.4, -0.2) is 30.4 Å². The van der Waals surface area contributed by atoms with Gasteiger partial charge in [-0.25, -0.2) is 4.79 Å². The number of amides is 1. The summed E-state index contributed by atoms with van der Waals surface area (Å²) in [5.41, 5.74) is 2.60. The van der Waals surface area contributed by atoms with Crippen LogP contribution in [0.1, 0.15) is 37.1 Å². The third kappa shape index (κ3) is 2.99. The van der Waals surface area contributed by atoms with Crippen LogP contribution in [0.25, 0.3) is 6.08 Å². The van der Waals surface area contributed by atoms with Crippen molar-refractivity contribution in [2.45, 2.75) is 33.6 Å². The SMILES string of the molecule is CCCCN1C(=O)/C(=C\c2sccc2C)C(C(=O)OC)=C1C. The summed E-state index contributed by atoms with van der Waals surface area (Å²) in [6, 6.07) is 2.00. The van der Waals surface area contributed by atoms with Crippen LogP contribution in [0.5, 0.6) is 0 Å². The molecule has 2 rings (SSSR count). The molecule has 118 valence electrons. The molecule has 0 bridgehead atoms. The highest BCUT2D eigenvalue weighted by atomic mass is 32.1. The molecule has 2 heterocycles. The van der Waals surface area contributed by atoms with Crippen LogP contribution >= 0.6 is 11.3 Å². The fraction of sp³-hybridized carbons (Fsp3) is 0.412. The number of nitrogens with zero attached hydrogens (tertiary/aromatic N) is 1. The molecule has 0 saturated heterocycles. The van der Waals surface area contributed by atoms with Gasteiger partial charge in [0.15, 0.2) is 0 Å². The first-order valence-electron chi connectivity index (χ1n) is 7.38. The van der Waals surface area contributed by atoms with Crippen molar-refractivity contribution in [1.29, 1.82) is 0 Å². The maximum Gasteiger partial charge on any atom is 0.340 e. The van der Waals surface area contributed by atoms with Crippen molar-refractivity contribution in [3.8, 4) is 0 Å². The summed E-state index contributed by atoms with van der Waals surface area (Å²) in [5.74, 6) is -0.565. The molecule has 1 amide bonds. The minimum atomic E-state index is -0.453. The number of hydrogen-bond acceptors (Lipinski definition) is 4. The zero-order chi connectivity index (χ0) is 16.3. The molecule has 22 heavy (non-hydrogen) atoms. The topological polar surface area (TPSA) is 46.6 Å². The highest BCUT2D eigenvalue weighted by Crippen LogP contribution is 2.33. The van der Waals surface area contributed by atoms with Crippen molar-refractivity contribution in [2.75, 3.05) is 13.7 Å². The van der Waals surface area contributed by atoms with Gasteiger partial charge in [-0.15, -0.1) is 11.3 Å². The number of rotatable bonds is 5. The van der Waals surface area contributed by atoms with Crippen LogP contribution in [0, 0.1) is 6.92 Å². The number of thiophene rings is 1. The number of ether oxygens (including phenoxy) is 1. The molecule has 0 unspecified atom stereocenters. The maximum absolute atomic E-state index is 12.7. The van der Waals surface area contributed by atoms with E-state index in [0.29, 0.717) is 23.4 Å². The van der Waals surface area contributed by atoms with Gasteiger partial charge in [0.25, 0.3) is 5.91 Å². The van der Waals surface area contributed by atoms with E-state index in [1.165, 1.54) is 7.11 Å². The largest absolute Gasteiger partial charge is 0.465 e. The molecule has 0 atom stereocenters. The predicted molar refractivity (Wildman–Crippen MR) is 88.4 cm³/mol. The summed E-state index contributed by atoms with van der Waals surface area (Å²) < 4.78 is 4.87. The third-order valence-corrected chi connectivity index (χ3v) is 4.78.